The van der Waals surface area contributed by atoms with Crippen LogP contribution >= 0.6 is 11.8 Å². The van der Waals surface area contributed by atoms with Gasteiger partial charge in [-0.25, -0.2) is 8.42 Å². The Morgan fingerprint density at radius 3 is 2.29 bits per heavy atom. The first-order valence-corrected chi connectivity index (χ1v) is 13.6. The highest BCUT2D eigenvalue weighted by atomic mass is 32.2. The first kappa shape index (κ1) is 24.1. The van der Waals surface area contributed by atoms with Crippen molar-refractivity contribution in [2.24, 2.45) is 0 Å². The molecule has 1 saturated heterocycles. The Morgan fingerprint density at radius 1 is 0.941 bits per heavy atom. The molecular weight excluding hydrogens is 470 g/mol. The predicted molar refractivity (Wildman–Crippen MR) is 137 cm³/mol. The first-order chi connectivity index (χ1) is 16.5. The van der Waals surface area contributed by atoms with Crippen LogP contribution < -0.4 is 14.8 Å². The Balaban J connectivity index is 1.45. The lowest BCUT2D eigenvalue weighted by Gasteiger charge is -2.27. The molecule has 34 heavy (non-hydrogen) atoms. The van der Waals surface area contributed by atoms with Crippen molar-refractivity contribution in [1.29, 1.82) is 0 Å². The molecular formula is C25H27N3O4S2. The topological polar surface area (TPSA) is 87.7 Å². The van der Waals surface area contributed by atoms with Crippen molar-refractivity contribution >= 4 is 39.1 Å². The van der Waals surface area contributed by atoms with Gasteiger partial charge < -0.3 is 10.1 Å². The molecule has 3 aromatic carbocycles. The number of benzene rings is 3. The van der Waals surface area contributed by atoms with E-state index in [1.54, 1.807) is 24.3 Å². The Kier molecular flexibility index (Phi) is 7.77. The summed E-state index contributed by atoms with van der Waals surface area (Å²) in [5, 5.41) is 2.98. The molecule has 1 fully saturated rings. The van der Waals surface area contributed by atoms with Gasteiger partial charge in [-0.2, -0.15) is 11.8 Å². The molecule has 0 bridgehead atoms. The summed E-state index contributed by atoms with van der Waals surface area (Å²) in [6.45, 7) is 2.85. The molecule has 2 N–H and O–H groups in total. The van der Waals surface area contributed by atoms with Crippen molar-refractivity contribution in [3.05, 3.63) is 83.9 Å². The fraction of sp³-hybridized carbons (Fsp3) is 0.240. The summed E-state index contributed by atoms with van der Waals surface area (Å²) < 4.78 is 33.3. The van der Waals surface area contributed by atoms with Crippen LogP contribution in [0.15, 0.2) is 77.7 Å². The molecule has 0 aliphatic carbocycles. The Bertz CT molecular complexity index is 1240. The van der Waals surface area contributed by atoms with Gasteiger partial charge in [0.25, 0.3) is 15.9 Å². The molecule has 3 aromatic rings. The van der Waals surface area contributed by atoms with Crippen LogP contribution in [-0.4, -0.2) is 50.9 Å². The van der Waals surface area contributed by atoms with Gasteiger partial charge in [-0.3, -0.25) is 14.4 Å². The average molecular weight is 498 g/mol. The summed E-state index contributed by atoms with van der Waals surface area (Å²) >= 11 is 1.96. The van der Waals surface area contributed by atoms with Gasteiger partial charge in [0.05, 0.1) is 17.7 Å². The van der Waals surface area contributed by atoms with E-state index < -0.39 is 10.0 Å². The van der Waals surface area contributed by atoms with E-state index >= 15 is 0 Å². The molecule has 4 rings (SSSR count). The molecule has 0 radical (unpaired) electrons. The molecule has 1 amide bonds. The molecule has 0 unspecified atom stereocenters. The average Bonchev–Trinajstić information content (AvgIpc) is 2.86. The second kappa shape index (κ2) is 10.9. The van der Waals surface area contributed by atoms with Gasteiger partial charge in [0.2, 0.25) is 0 Å². The van der Waals surface area contributed by atoms with Crippen LogP contribution in [-0.2, 0) is 16.6 Å². The van der Waals surface area contributed by atoms with Crippen molar-refractivity contribution in [2.45, 2.75) is 11.4 Å². The predicted octanol–water partition coefficient (Wildman–Crippen LogP) is 4.30. The minimum Gasteiger partial charge on any atom is -0.495 e. The second-order valence-corrected chi connectivity index (χ2v) is 10.7. The number of nitrogens with zero attached hydrogens (tertiary/aromatic N) is 1. The van der Waals surface area contributed by atoms with E-state index in [0.717, 1.165) is 42.4 Å². The SMILES string of the molecule is COc1ccccc1NS(=O)(=O)c1ccc(C(=O)Nc2ccccc2CN2CCSCC2)cc1. The van der Waals surface area contributed by atoms with E-state index in [2.05, 4.69) is 14.9 Å². The Hall–Kier alpha value is -3.01. The van der Waals surface area contributed by atoms with Crippen LogP contribution in [0.1, 0.15) is 15.9 Å². The molecule has 1 aliphatic heterocycles. The van der Waals surface area contributed by atoms with Gasteiger partial charge >= 0.3 is 0 Å². The number of ether oxygens (including phenoxy) is 1. The van der Waals surface area contributed by atoms with Crippen molar-refractivity contribution in [2.75, 3.05) is 41.7 Å². The molecule has 7 nitrogen and oxygen atoms in total. The number of nitrogens with one attached hydrogen (secondary N) is 2. The maximum Gasteiger partial charge on any atom is 0.262 e. The minimum atomic E-state index is -3.84. The fourth-order valence-corrected chi connectivity index (χ4v) is 5.74. The molecule has 1 heterocycles. The second-order valence-electron chi connectivity index (χ2n) is 7.83. The number of amides is 1. The van der Waals surface area contributed by atoms with Gasteiger partial charge in [-0.15, -0.1) is 0 Å². The summed E-state index contributed by atoms with van der Waals surface area (Å²) in [7, 11) is -2.36. The van der Waals surface area contributed by atoms with Crippen LogP contribution in [0.4, 0.5) is 11.4 Å². The third-order valence-electron chi connectivity index (χ3n) is 5.54. The number of para-hydroxylation sites is 3. The van der Waals surface area contributed by atoms with Crippen molar-refractivity contribution in [3.63, 3.8) is 0 Å². The maximum atomic E-state index is 12.9. The number of carbonyl (C=O) groups excluding carboxylic acids is 1. The highest BCUT2D eigenvalue weighted by Gasteiger charge is 2.18. The van der Waals surface area contributed by atoms with Crippen molar-refractivity contribution in [1.82, 2.24) is 4.90 Å². The van der Waals surface area contributed by atoms with Crippen molar-refractivity contribution < 1.29 is 17.9 Å². The lowest BCUT2D eigenvalue weighted by Crippen LogP contribution is -2.32. The number of hydrogen-bond acceptors (Lipinski definition) is 6. The number of thioether (sulfide) groups is 1. The zero-order valence-electron chi connectivity index (χ0n) is 18.9. The smallest absolute Gasteiger partial charge is 0.262 e. The minimum absolute atomic E-state index is 0.0540. The molecule has 178 valence electrons. The maximum absolute atomic E-state index is 12.9. The number of methoxy groups -OCH3 is 1. The monoisotopic (exact) mass is 497 g/mol. The summed E-state index contributed by atoms with van der Waals surface area (Å²) in [5.41, 5.74) is 2.54. The molecule has 0 saturated carbocycles. The third kappa shape index (κ3) is 5.91. The third-order valence-corrected chi connectivity index (χ3v) is 7.87. The highest BCUT2D eigenvalue weighted by molar-refractivity contribution is 7.99. The Labute approximate surface area is 204 Å². The van der Waals surface area contributed by atoms with E-state index in [-0.39, 0.29) is 10.8 Å². The largest absolute Gasteiger partial charge is 0.495 e. The van der Waals surface area contributed by atoms with Gasteiger partial charge in [0.15, 0.2) is 0 Å². The van der Waals surface area contributed by atoms with Crippen LogP contribution in [0.5, 0.6) is 5.75 Å². The summed E-state index contributed by atoms with van der Waals surface area (Å²) in [4.78, 5) is 15.3. The lowest BCUT2D eigenvalue weighted by atomic mass is 10.1. The normalized spacial score (nSPS) is 14.4. The van der Waals surface area contributed by atoms with E-state index in [4.69, 9.17) is 4.74 Å². The van der Waals surface area contributed by atoms with E-state index in [9.17, 15) is 13.2 Å². The number of hydrogen-bond donors (Lipinski definition) is 2. The highest BCUT2D eigenvalue weighted by Crippen LogP contribution is 2.26. The number of anilines is 2. The van der Waals surface area contributed by atoms with E-state index in [1.807, 2.05) is 36.0 Å². The molecule has 9 heteroatoms. The van der Waals surface area contributed by atoms with E-state index in [0.29, 0.717) is 17.0 Å². The van der Waals surface area contributed by atoms with Gasteiger partial charge in [0.1, 0.15) is 5.75 Å². The molecule has 0 aromatic heterocycles. The fourth-order valence-electron chi connectivity index (χ4n) is 3.69. The van der Waals surface area contributed by atoms with Gasteiger partial charge in [0, 0.05) is 42.4 Å². The molecule has 0 spiro atoms. The van der Waals surface area contributed by atoms with Crippen LogP contribution in [0, 0.1) is 0 Å². The van der Waals surface area contributed by atoms with Gasteiger partial charge in [-0.05, 0) is 48.0 Å². The van der Waals surface area contributed by atoms with E-state index in [1.165, 1.54) is 31.4 Å². The van der Waals surface area contributed by atoms with Crippen LogP contribution in [0.2, 0.25) is 0 Å². The number of carbonyl (C=O) groups is 1. The van der Waals surface area contributed by atoms with Gasteiger partial charge in [-0.1, -0.05) is 30.3 Å². The molecule has 0 atom stereocenters. The summed E-state index contributed by atoms with van der Waals surface area (Å²) in [6, 6.07) is 20.4. The summed E-state index contributed by atoms with van der Waals surface area (Å²) in [5.74, 6) is 2.37. The first-order valence-electron chi connectivity index (χ1n) is 10.9. The van der Waals surface area contributed by atoms with Crippen LogP contribution in [0.25, 0.3) is 0 Å². The van der Waals surface area contributed by atoms with Crippen LogP contribution in [0.3, 0.4) is 0 Å². The van der Waals surface area contributed by atoms with Crippen molar-refractivity contribution in [3.8, 4) is 5.75 Å². The summed E-state index contributed by atoms with van der Waals surface area (Å²) in [6.07, 6.45) is 0. The quantitative estimate of drug-likeness (QED) is 0.483. The number of sulfonamides is 1. The number of rotatable bonds is 8. The lowest BCUT2D eigenvalue weighted by molar-refractivity contribution is 0.102. The standard InChI is InChI=1S/C25H27N3O4S2/c1-32-24-9-5-4-8-23(24)27-34(30,31)21-12-10-19(11-13-21)25(29)26-22-7-3-2-6-20(22)18-28-14-16-33-17-15-28/h2-13,27H,14-18H2,1H3,(H,26,29). The Morgan fingerprint density at radius 2 is 1.59 bits per heavy atom. The zero-order chi connectivity index (χ0) is 24.0. The zero-order valence-corrected chi connectivity index (χ0v) is 20.5. The molecule has 1 aliphatic rings.